The van der Waals surface area contributed by atoms with Crippen LogP contribution in [0.2, 0.25) is 0 Å². The lowest BCUT2D eigenvalue weighted by molar-refractivity contribution is 0.0689. The first-order valence-electron chi connectivity index (χ1n) is 4.67. The smallest absolute Gasteiger partial charge is 0.356 e. The number of aromatic amines is 1. The van der Waals surface area contributed by atoms with Crippen LogP contribution in [0.15, 0.2) is 12.7 Å². The maximum absolute atomic E-state index is 10.8. The Labute approximate surface area is 80.6 Å². The third-order valence-corrected chi connectivity index (χ3v) is 3.38. The van der Waals surface area contributed by atoms with Crippen molar-refractivity contribution in [3.63, 3.8) is 0 Å². The lowest BCUT2D eigenvalue weighted by atomic mass is 10.1. The highest BCUT2D eigenvalue weighted by atomic mass is 16.4. The summed E-state index contributed by atoms with van der Waals surface area (Å²) >= 11 is 0. The molecule has 1 aromatic heterocycles. The van der Waals surface area contributed by atoms with Crippen molar-refractivity contribution in [3.8, 4) is 0 Å². The molecule has 0 bridgehead atoms. The molecule has 1 saturated carbocycles. The lowest BCUT2D eigenvalue weighted by Crippen LogP contribution is -2.02. The second-order valence-corrected chi connectivity index (χ2v) is 3.98. The van der Waals surface area contributed by atoms with Crippen LogP contribution >= 0.6 is 0 Å². The van der Waals surface area contributed by atoms with Gasteiger partial charge in [0.15, 0.2) is 5.69 Å². The van der Waals surface area contributed by atoms with E-state index in [1.165, 1.54) is 0 Å². The molecule has 0 aliphatic heterocycles. The third kappa shape index (κ3) is 0.737. The van der Waals surface area contributed by atoms with Gasteiger partial charge in [0.05, 0.1) is 0 Å². The Morgan fingerprint density at radius 3 is 3.14 bits per heavy atom. The van der Waals surface area contributed by atoms with E-state index in [0.717, 1.165) is 17.7 Å². The summed E-state index contributed by atoms with van der Waals surface area (Å²) in [5.74, 6) is 0.640. The van der Waals surface area contributed by atoms with E-state index in [2.05, 4.69) is 16.8 Å². The van der Waals surface area contributed by atoms with Crippen molar-refractivity contribution in [1.29, 1.82) is 0 Å². The molecule has 2 aliphatic carbocycles. The molecule has 0 spiro atoms. The van der Waals surface area contributed by atoms with Gasteiger partial charge in [-0.05, 0) is 18.3 Å². The number of rotatable bonds is 2. The van der Waals surface area contributed by atoms with Crippen LogP contribution in [0.1, 0.15) is 27.7 Å². The fraction of sp³-hybridized carbons (Fsp3) is 0.400. The largest absolute Gasteiger partial charge is 0.476 e. The maximum Gasteiger partial charge on any atom is 0.356 e. The Morgan fingerprint density at radius 2 is 2.50 bits per heavy atom. The van der Waals surface area contributed by atoms with Gasteiger partial charge in [0, 0.05) is 17.2 Å². The van der Waals surface area contributed by atoms with Gasteiger partial charge in [0.25, 0.3) is 0 Å². The number of hydrogen-bond donors (Lipinski definition) is 2. The van der Waals surface area contributed by atoms with Gasteiger partial charge in [-0.3, -0.25) is 5.10 Å². The average Bonchev–Trinajstić information content (AvgIpc) is 2.55. The van der Waals surface area contributed by atoms with Crippen molar-refractivity contribution in [3.05, 3.63) is 29.6 Å². The summed E-state index contributed by atoms with van der Waals surface area (Å²) in [5.41, 5.74) is 2.14. The molecule has 0 saturated heterocycles. The fourth-order valence-corrected chi connectivity index (χ4v) is 2.67. The molecule has 2 N–H and O–H groups in total. The Balaban J connectivity index is 2.02. The number of aromatic carboxylic acids is 1. The quantitative estimate of drug-likeness (QED) is 0.688. The van der Waals surface area contributed by atoms with Gasteiger partial charge < -0.3 is 5.11 Å². The SMILES string of the molecule is C=C[C@H]1[C@@H]2Cc3c(C(=O)O)n[nH]c3[C@H]12. The predicted molar refractivity (Wildman–Crippen MR) is 49.2 cm³/mol. The van der Waals surface area contributed by atoms with Gasteiger partial charge >= 0.3 is 5.97 Å². The van der Waals surface area contributed by atoms with Crippen molar-refractivity contribution < 1.29 is 9.90 Å². The zero-order valence-corrected chi connectivity index (χ0v) is 7.53. The second-order valence-electron chi connectivity index (χ2n) is 3.98. The highest BCUT2D eigenvalue weighted by Crippen LogP contribution is 2.61. The molecule has 2 aliphatic rings. The highest BCUT2D eigenvalue weighted by molar-refractivity contribution is 5.88. The first kappa shape index (κ1) is 7.79. The Hall–Kier alpha value is -1.58. The predicted octanol–water partition coefficient (Wildman–Crippen LogP) is 1.18. The van der Waals surface area contributed by atoms with Gasteiger partial charge in [-0.2, -0.15) is 5.10 Å². The minimum absolute atomic E-state index is 0.204. The fourth-order valence-electron chi connectivity index (χ4n) is 2.67. The van der Waals surface area contributed by atoms with Crippen LogP contribution in [0.25, 0.3) is 0 Å². The number of nitrogens with one attached hydrogen (secondary N) is 1. The van der Waals surface area contributed by atoms with Crippen molar-refractivity contribution in [2.45, 2.75) is 12.3 Å². The minimum atomic E-state index is -0.932. The van der Waals surface area contributed by atoms with Crippen LogP contribution in [-0.4, -0.2) is 21.3 Å². The molecule has 0 amide bonds. The van der Waals surface area contributed by atoms with E-state index in [1.807, 2.05) is 6.08 Å². The molecule has 0 radical (unpaired) electrons. The average molecular weight is 190 g/mol. The van der Waals surface area contributed by atoms with E-state index in [9.17, 15) is 4.79 Å². The maximum atomic E-state index is 10.8. The summed E-state index contributed by atoms with van der Waals surface area (Å²) in [6.07, 6.45) is 2.80. The standard InChI is InChI=1S/C10H10N2O2/c1-2-4-5-3-6-8(7(4)5)11-12-9(6)10(13)14/h2,4-5,7H,1,3H2,(H,11,12)(H,13,14)/t4-,5-,7+/m0/s1. The van der Waals surface area contributed by atoms with Gasteiger partial charge in [-0.1, -0.05) is 6.08 Å². The number of carboxylic acids is 1. The number of aromatic nitrogens is 2. The van der Waals surface area contributed by atoms with Crippen molar-refractivity contribution in [1.82, 2.24) is 10.2 Å². The van der Waals surface area contributed by atoms with Gasteiger partial charge in [-0.15, -0.1) is 6.58 Å². The van der Waals surface area contributed by atoms with Crippen LogP contribution in [0.3, 0.4) is 0 Å². The van der Waals surface area contributed by atoms with Crippen molar-refractivity contribution in [2.24, 2.45) is 11.8 Å². The molecule has 72 valence electrons. The zero-order valence-electron chi connectivity index (χ0n) is 7.53. The first-order chi connectivity index (χ1) is 6.74. The summed E-state index contributed by atoms with van der Waals surface area (Å²) in [6.45, 7) is 3.77. The Morgan fingerprint density at radius 1 is 1.71 bits per heavy atom. The number of carbonyl (C=O) groups is 1. The molecule has 1 aromatic rings. The number of carboxylic acid groups (broad SMARTS) is 1. The number of allylic oxidation sites excluding steroid dienone is 1. The minimum Gasteiger partial charge on any atom is -0.476 e. The topological polar surface area (TPSA) is 66.0 Å². The summed E-state index contributed by atoms with van der Waals surface area (Å²) in [4.78, 5) is 10.8. The summed E-state index contributed by atoms with van der Waals surface area (Å²) < 4.78 is 0. The number of fused-ring (bicyclic) bond motifs is 3. The van der Waals surface area contributed by atoms with Gasteiger partial charge in [0.1, 0.15) is 0 Å². The molecule has 4 heteroatoms. The van der Waals surface area contributed by atoms with Crippen LogP contribution < -0.4 is 0 Å². The monoisotopic (exact) mass is 190 g/mol. The Kier molecular flexibility index (Phi) is 1.26. The molecular formula is C10H10N2O2. The van der Waals surface area contributed by atoms with E-state index in [-0.39, 0.29) is 5.69 Å². The second kappa shape index (κ2) is 2.26. The first-order valence-corrected chi connectivity index (χ1v) is 4.67. The van der Waals surface area contributed by atoms with Crippen LogP contribution in [0, 0.1) is 11.8 Å². The van der Waals surface area contributed by atoms with Crippen molar-refractivity contribution >= 4 is 5.97 Å². The molecule has 3 atom stereocenters. The highest BCUT2D eigenvalue weighted by Gasteiger charge is 2.56. The molecule has 0 aromatic carbocycles. The molecule has 1 fully saturated rings. The van der Waals surface area contributed by atoms with Gasteiger partial charge in [0.2, 0.25) is 0 Å². The number of nitrogens with zero attached hydrogens (tertiary/aromatic N) is 1. The summed E-state index contributed by atoms with van der Waals surface area (Å²) in [6, 6.07) is 0. The zero-order chi connectivity index (χ0) is 9.87. The lowest BCUT2D eigenvalue weighted by Gasteiger charge is -1.97. The van der Waals surface area contributed by atoms with Crippen LogP contribution in [0.4, 0.5) is 0 Å². The van der Waals surface area contributed by atoms with Crippen LogP contribution in [0.5, 0.6) is 0 Å². The van der Waals surface area contributed by atoms with Crippen molar-refractivity contribution in [2.75, 3.05) is 0 Å². The van der Waals surface area contributed by atoms with E-state index >= 15 is 0 Å². The number of H-pyrrole nitrogens is 1. The van der Waals surface area contributed by atoms with E-state index in [0.29, 0.717) is 17.8 Å². The van der Waals surface area contributed by atoms with E-state index in [4.69, 9.17) is 5.11 Å². The normalized spacial score (nSPS) is 32.1. The van der Waals surface area contributed by atoms with Crippen LogP contribution in [-0.2, 0) is 6.42 Å². The third-order valence-electron chi connectivity index (χ3n) is 3.38. The number of hydrogen-bond acceptors (Lipinski definition) is 2. The molecule has 3 rings (SSSR count). The van der Waals surface area contributed by atoms with Gasteiger partial charge in [-0.25, -0.2) is 4.79 Å². The molecular weight excluding hydrogens is 180 g/mol. The summed E-state index contributed by atoms with van der Waals surface area (Å²) in [5, 5.41) is 15.5. The molecule has 0 unspecified atom stereocenters. The van der Waals surface area contributed by atoms with E-state index < -0.39 is 5.97 Å². The molecule has 1 heterocycles. The van der Waals surface area contributed by atoms with E-state index in [1.54, 1.807) is 0 Å². The Bertz CT molecular complexity index is 435. The summed E-state index contributed by atoms with van der Waals surface area (Å²) in [7, 11) is 0. The molecule has 14 heavy (non-hydrogen) atoms. The molecule has 4 nitrogen and oxygen atoms in total.